The Morgan fingerprint density at radius 3 is 2.60 bits per heavy atom. The molecule has 25 heavy (non-hydrogen) atoms. The lowest BCUT2D eigenvalue weighted by Crippen LogP contribution is -2.30. The Hall–Kier alpha value is -2.55. The lowest BCUT2D eigenvalue weighted by molar-refractivity contribution is -0.133. The second kappa shape index (κ2) is 8.52. The molecular weight excluding hydrogens is 363 g/mol. The van der Waals surface area contributed by atoms with E-state index >= 15 is 0 Å². The molecule has 2 aromatic rings. The average molecular weight is 377 g/mol. The minimum atomic E-state index is -0.659. The molecule has 0 fully saturated rings. The highest BCUT2D eigenvalue weighted by Crippen LogP contribution is 2.23. The van der Waals surface area contributed by atoms with Gasteiger partial charge in [0.15, 0.2) is 6.61 Å². The Bertz CT molecular complexity index is 846. The summed E-state index contributed by atoms with van der Waals surface area (Å²) in [7, 11) is 1.59. The minimum Gasteiger partial charge on any atom is -0.452 e. The maximum absolute atomic E-state index is 12.1. The Labute approximate surface area is 155 Å². The van der Waals surface area contributed by atoms with Crippen molar-refractivity contribution in [3.05, 3.63) is 69.2 Å². The van der Waals surface area contributed by atoms with E-state index in [2.05, 4.69) is 0 Å². The number of hydrogen-bond donors (Lipinski definition) is 0. The smallest absolute Gasteiger partial charge is 0.338 e. The number of esters is 1. The highest BCUT2D eigenvalue weighted by molar-refractivity contribution is 6.42. The lowest BCUT2D eigenvalue weighted by atomic mass is 10.1. The molecule has 0 unspecified atom stereocenters. The molecule has 0 spiro atoms. The molecule has 128 valence electrons. The number of rotatable bonds is 5. The summed E-state index contributed by atoms with van der Waals surface area (Å²) in [4.78, 5) is 25.5. The number of nitrogens with zero attached hydrogens (tertiary/aromatic N) is 2. The summed E-state index contributed by atoms with van der Waals surface area (Å²) in [5.41, 5.74) is 1.37. The van der Waals surface area contributed by atoms with E-state index in [1.807, 2.05) is 6.07 Å². The molecule has 0 N–H and O–H groups in total. The standard InChI is InChI=1S/C18H14Cl2N2O3/c1-22(10-13-5-6-15(19)16(20)8-13)17(23)11-25-18(24)14-4-2-3-12(7-14)9-21/h2-8H,10-11H2,1H3. The number of likely N-dealkylation sites (N-methyl/N-ethyl adjacent to an activating group) is 1. The van der Waals surface area contributed by atoms with Crippen LogP contribution in [-0.2, 0) is 16.1 Å². The maximum Gasteiger partial charge on any atom is 0.338 e. The van der Waals surface area contributed by atoms with Gasteiger partial charge in [0.05, 0.1) is 27.2 Å². The number of halogens is 2. The topological polar surface area (TPSA) is 70.4 Å². The van der Waals surface area contributed by atoms with E-state index in [-0.39, 0.29) is 11.5 Å². The monoisotopic (exact) mass is 376 g/mol. The van der Waals surface area contributed by atoms with Gasteiger partial charge in [-0.25, -0.2) is 4.79 Å². The van der Waals surface area contributed by atoms with Crippen molar-refractivity contribution in [3.63, 3.8) is 0 Å². The number of amides is 1. The first kappa shape index (κ1) is 18.8. The van der Waals surface area contributed by atoms with Crippen molar-refractivity contribution < 1.29 is 14.3 Å². The third-order valence-electron chi connectivity index (χ3n) is 3.38. The molecule has 0 bridgehead atoms. The molecule has 7 heteroatoms. The van der Waals surface area contributed by atoms with Crippen LogP contribution in [0.4, 0.5) is 0 Å². The molecule has 0 radical (unpaired) electrons. The van der Waals surface area contributed by atoms with E-state index in [1.165, 1.54) is 17.0 Å². The zero-order valence-electron chi connectivity index (χ0n) is 13.3. The molecule has 2 rings (SSSR count). The molecule has 0 aliphatic carbocycles. The Morgan fingerprint density at radius 1 is 1.16 bits per heavy atom. The summed E-state index contributed by atoms with van der Waals surface area (Å²) in [5, 5.41) is 9.68. The molecular formula is C18H14Cl2N2O3. The minimum absolute atomic E-state index is 0.221. The third kappa shape index (κ3) is 5.21. The quantitative estimate of drug-likeness (QED) is 0.746. The van der Waals surface area contributed by atoms with Crippen molar-refractivity contribution in [2.45, 2.75) is 6.54 Å². The normalized spacial score (nSPS) is 10.0. The van der Waals surface area contributed by atoms with Crippen LogP contribution in [0.15, 0.2) is 42.5 Å². The Morgan fingerprint density at radius 2 is 1.92 bits per heavy atom. The van der Waals surface area contributed by atoms with E-state index in [0.29, 0.717) is 22.2 Å². The van der Waals surface area contributed by atoms with Crippen LogP contribution in [-0.4, -0.2) is 30.4 Å². The molecule has 2 aromatic carbocycles. The van der Waals surface area contributed by atoms with Crippen LogP contribution in [0.3, 0.4) is 0 Å². The van der Waals surface area contributed by atoms with Crippen molar-refractivity contribution >= 4 is 35.1 Å². The van der Waals surface area contributed by atoms with Crippen LogP contribution in [0.5, 0.6) is 0 Å². The zero-order chi connectivity index (χ0) is 18.4. The fraction of sp³-hybridized carbons (Fsp3) is 0.167. The van der Waals surface area contributed by atoms with Crippen LogP contribution in [0, 0.1) is 11.3 Å². The van der Waals surface area contributed by atoms with Gasteiger partial charge in [0, 0.05) is 13.6 Å². The Kier molecular flexibility index (Phi) is 6.40. The highest BCUT2D eigenvalue weighted by atomic mass is 35.5. The van der Waals surface area contributed by atoms with Crippen LogP contribution in [0.25, 0.3) is 0 Å². The summed E-state index contributed by atoms with van der Waals surface area (Å²) >= 11 is 11.8. The number of ether oxygens (including phenoxy) is 1. The van der Waals surface area contributed by atoms with Crippen molar-refractivity contribution in [3.8, 4) is 6.07 Å². The van der Waals surface area contributed by atoms with E-state index in [1.54, 1.807) is 37.4 Å². The summed E-state index contributed by atoms with van der Waals surface area (Å²) in [5.74, 6) is -1.02. The van der Waals surface area contributed by atoms with Gasteiger partial charge in [-0.1, -0.05) is 35.3 Å². The fourth-order valence-corrected chi connectivity index (χ4v) is 2.36. The van der Waals surface area contributed by atoms with E-state index in [4.69, 9.17) is 33.2 Å². The predicted molar refractivity (Wildman–Crippen MR) is 94.4 cm³/mol. The fourth-order valence-electron chi connectivity index (χ4n) is 2.04. The molecule has 0 heterocycles. The number of benzene rings is 2. The van der Waals surface area contributed by atoms with E-state index in [9.17, 15) is 9.59 Å². The molecule has 0 atom stereocenters. The van der Waals surface area contributed by atoms with Gasteiger partial charge in [0.1, 0.15) is 0 Å². The third-order valence-corrected chi connectivity index (χ3v) is 4.12. The summed E-state index contributed by atoms with van der Waals surface area (Å²) in [6, 6.07) is 13.1. The van der Waals surface area contributed by atoms with E-state index in [0.717, 1.165) is 5.56 Å². The molecule has 0 saturated carbocycles. The summed E-state index contributed by atoms with van der Waals surface area (Å²) < 4.78 is 5.00. The molecule has 0 aliphatic rings. The van der Waals surface area contributed by atoms with Gasteiger partial charge in [-0.2, -0.15) is 5.26 Å². The second-order valence-corrected chi connectivity index (χ2v) is 6.08. The molecule has 0 saturated heterocycles. The van der Waals surface area contributed by atoms with Crippen LogP contribution in [0.2, 0.25) is 10.0 Å². The first-order chi connectivity index (χ1) is 11.9. The van der Waals surface area contributed by atoms with Crippen molar-refractivity contribution in [1.29, 1.82) is 5.26 Å². The van der Waals surface area contributed by atoms with Gasteiger partial charge in [-0.3, -0.25) is 4.79 Å². The molecule has 0 aromatic heterocycles. The van der Waals surface area contributed by atoms with Crippen LogP contribution < -0.4 is 0 Å². The van der Waals surface area contributed by atoms with Gasteiger partial charge < -0.3 is 9.64 Å². The van der Waals surface area contributed by atoms with Crippen LogP contribution >= 0.6 is 23.2 Å². The van der Waals surface area contributed by atoms with Crippen molar-refractivity contribution in [2.24, 2.45) is 0 Å². The summed E-state index contributed by atoms with van der Waals surface area (Å²) in [6.07, 6.45) is 0. The van der Waals surface area contributed by atoms with Gasteiger partial charge in [-0.15, -0.1) is 0 Å². The number of hydrogen-bond acceptors (Lipinski definition) is 4. The first-order valence-electron chi connectivity index (χ1n) is 7.26. The molecule has 0 aliphatic heterocycles. The Balaban J connectivity index is 1.91. The lowest BCUT2D eigenvalue weighted by Gasteiger charge is -2.17. The highest BCUT2D eigenvalue weighted by Gasteiger charge is 2.14. The average Bonchev–Trinajstić information content (AvgIpc) is 2.62. The summed E-state index contributed by atoms with van der Waals surface area (Å²) in [6.45, 7) is -0.0926. The van der Waals surface area contributed by atoms with Crippen molar-refractivity contribution in [1.82, 2.24) is 4.90 Å². The SMILES string of the molecule is CN(Cc1ccc(Cl)c(Cl)c1)C(=O)COC(=O)c1cccc(C#N)c1. The van der Waals surface area contributed by atoms with Crippen LogP contribution in [0.1, 0.15) is 21.5 Å². The van der Waals surface area contributed by atoms with Gasteiger partial charge in [0.2, 0.25) is 0 Å². The van der Waals surface area contributed by atoms with Gasteiger partial charge in [-0.05, 0) is 35.9 Å². The van der Waals surface area contributed by atoms with Crippen molar-refractivity contribution in [2.75, 3.05) is 13.7 Å². The number of carbonyl (C=O) groups is 2. The zero-order valence-corrected chi connectivity index (χ0v) is 14.8. The number of nitriles is 1. The molecule has 5 nitrogen and oxygen atoms in total. The van der Waals surface area contributed by atoms with E-state index < -0.39 is 12.6 Å². The second-order valence-electron chi connectivity index (χ2n) is 5.27. The molecule has 1 amide bonds. The van der Waals surface area contributed by atoms with Gasteiger partial charge in [0.25, 0.3) is 5.91 Å². The first-order valence-corrected chi connectivity index (χ1v) is 8.01. The number of carbonyl (C=O) groups excluding carboxylic acids is 2. The van der Waals surface area contributed by atoms with Gasteiger partial charge >= 0.3 is 5.97 Å². The predicted octanol–water partition coefficient (Wildman–Crippen LogP) is 3.68. The largest absolute Gasteiger partial charge is 0.452 e. The maximum atomic E-state index is 12.1.